The lowest BCUT2D eigenvalue weighted by molar-refractivity contribution is -0.150. The van der Waals surface area contributed by atoms with Crippen molar-refractivity contribution in [3.63, 3.8) is 0 Å². The summed E-state index contributed by atoms with van der Waals surface area (Å²) in [6, 6.07) is 5.71. The molecule has 2 N–H and O–H groups in total. The van der Waals surface area contributed by atoms with Crippen LogP contribution in [-0.2, 0) is 9.59 Å². The average molecular weight is 275 g/mol. The Hall–Kier alpha value is -2.30. The van der Waals surface area contributed by atoms with E-state index in [1.165, 1.54) is 23.1 Å². The third kappa shape index (κ3) is 3.38. The highest BCUT2D eigenvalue weighted by Crippen LogP contribution is 2.18. The molecule has 0 unspecified atom stereocenters. The second-order valence-electron chi connectivity index (χ2n) is 4.81. The summed E-state index contributed by atoms with van der Waals surface area (Å²) in [5.74, 6) is -1.07. The second kappa shape index (κ2) is 6.23. The highest BCUT2D eigenvalue weighted by atomic mass is 16.4. The molecule has 1 aromatic rings. The Balaban J connectivity index is 2.06. The zero-order chi connectivity index (χ0) is 14.5. The van der Waals surface area contributed by atoms with Gasteiger partial charge < -0.3 is 15.1 Å². The first-order valence-electron chi connectivity index (χ1n) is 6.58. The van der Waals surface area contributed by atoms with E-state index < -0.39 is 12.0 Å². The van der Waals surface area contributed by atoms with Crippen molar-refractivity contribution in [3.05, 3.63) is 35.9 Å². The van der Waals surface area contributed by atoms with Gasteiger partial charge in [0.2, 0.25) is 5.91 Å². The number of amides is 1. The molecule has 0 bridgehead atoms. The molecule has 1 heterocycles. The normalized spacial score (nSPS) is 19.2. The number of phenolic OH excluding ortho intramolecular Hbond substituents is 1. The number of likely N-dealkylation sites (tertiary alicyclic amines) is 1. The monoisotopic (exact) mass is 275 g/mol. The summed E-state index contributed by atoms with van der Waals surface area (Å²) in [4.78, 5) is 24.6. The van der Waals surface area contributed by atoms with E-state index in [9.17, 15) is 9.59 Å². The second-order valence-corrected chi connectivity index (χ2v) is 4.81. The van der Waals surface area contributed by atoms with Crippen LogP contribution in [-0.4, -0.2) is 39.6 Å². The van der Waals surface area contributed by atoms with Crippen LogP contribution in [0.1, 0.15) is 24.8 Å². The zero-order valence-electron chi connectivity index (χ0n) is 11.0. The highest BCUT2D eigenvalue weighted by Gasteiger charge is 2.30. The highest BCUT2D eigenvalue weighted by molar-refractivity contribution is 5.94. The molecule has 1 amide bonds. The van der Waals surface area contributed by atoms with Crippen molar-refractivity contribution >= 4 is 18.0 Å². The lowest BCUT2D eigenvalue weighted by Crippen LogP contribution is -2.47. The summed E-state index contributed by atoms with van der Waals surface area (Å²) in [7, 11) is 0. The molecular formula is C15H17NO4. The van der Waals surface area contributed by atoms with Gasteiger partial charge in [0.1, 0.15) is 11.8 Å². The Bertz CT molecular complexity index is 521. The smallest absolute Gasteiger partial charge is 0.326 e. The lowest BCUT2D eigenvalue weighted by Gasteiger charge is -2.32. The fraction of sp³-hybridized carbons (Fsp3) is 0.333. The molecule has 5 heteroatoms. The molecule has 0 radical (unpaired) electrons. The maximum Gasteiger partial charge on any atom is 0.326 e. The number of hydrogen-bond donors (Lipinski definition) is 2. The molecule has 1 fully saturated rings. The van der Waals surface area contributed by atoms with Crippen LogP contribution >= 0.6 is 0 Å². The van der Waals surface area contributed by atoms with Crippen LogP contribution in [0.25, 0.3) is 6.08 Å². The molecule has 0 spiro atoms. The van der Waals surface area contributed by atoms with E-state index in [1.807, 2.05) is 0 Å². The van der Waals surface area contributed by atoms with Crippen LogP contribution in [0.2, 0.25) is 0 Å². The third-order valence-electron chi connectivity index (χ3n) is 3.38. The van der Waals surface area contributed by atoms with Gasteiger partial charge in [-0.15, -0.1) is 0 Å². The molecule has 1 atom stereocenters. The first kappa shape index (κ1) is 14.1. The summed E-state index contributed by atoms with van der Waals surface area (Å²) in [5.41, 5.74) is 0.778. The summed E-state index contributed by atoms with van der Waals surface area (Å²) in [6.45, 7) is 0.482. The van der Waals surface area contributed by atoms with Gasteiger partial charge in [-0.2, -0.15) is 0 Å². The number of carboxylic acids is 1. The third-order valence-corrected chi connectivity index (χ3v) is 3.38. The van der Waals surface area contributed by atoms with E-state index in [0.717, 1.165) is 18.4 Å². The van der Waals surface area contributed by atoms with E-state index in [-0.39, 0.29) is 11.7 Å². The summed E-state index contributed by atoms with van der Waals surface area (Å²) in [5, 5.41) is 18.3. The average Bonchev–Trinajstić information content (AvgIpc) is 2.46. The minimum Gasteiger partial charge on any atom is -0.508 e. The van der Waals surface area contributed by atoms with Crippen LogP contribution in [0.4, 0.5) is 0 Å². The quantitative estimate of drug-likeness (QED) is 0.825. The molecule has 1 aliphatic rings. The number of nitrogens with zero attached hydrogens (tertiary/aromatic N) is 1. The van der Waals surface area contributed by atoms with Crippen molar-refractivity contribution in [2.75, 3.05) is 6.54 Å². The van der Waals surface area contributed by atoms with Crippen molar-refractivity contribution in [3.8, 4) is 5.75 Å². The molecular weight excluding hydrogens is 258 g/mol. The number of carboxylic acid groups (broad SMARTS) is 1. The van der Waals surface area contributed by atoms with Gasteiger partial charge in [0.15, 0.2) is 0 Å². The van der Waals surface area contributed by atoms with Gasteiger partial charge >= 0.3 is 5.97 Å². The van der Waals surface area contributed by atoms with Crippen molar-refractivity contribution in [1.29, 1.82) is 0 Å². The van der Waals surface area contributed by atoms with Gasteiger partial charge in [0.05, 0.1) is 0 Å². The summed E-state index contributed by atoms with van der Waals surface area (Å²) >= 11 is 0. The van der Waals surface area contributed by atoms with E-state index in [0.29, 0.717) is 13.0 Å². The number of benzene rings is 1. The lowest BCUT2D eigenvalue weighted by atomic mass is 10.0. The summed E-state index contributed by atoms with van der Waals surface area (Å²) in [6.07, 6.45) is 5.18. The van der Waals surface area contributed by atoms with Crippen LogP contribution in [0.5, 0.6) is 5.75 Å². The molecule has 0 aromatic heterocycles. The molecule has 106 valence electrons. The van der Waals surface area contributed by atoms with Crippen LogP contribution in [0.15, 0.2) is 30.3 Å². The van der Waals surface area contributed by atoms with Gasteiger partial charge in [-0.25, -0.2) is 4.79 Å². The van der Waals surface area contributed by atoms with E-state index >= 15 is 0 Å². The number of piperidine rings is 1. The van der Waals surface area contributed by atoms with Crippen molar-refractivity contribution in [1.82, 2.24) is 4.90 Å². The van der Waals surface area contributed by atoms with Gasteiger partial charge in [-0.05, 0) is 43.0 Å². The molecule has 1 aromatic carbocycles. The summed E-state index contributed by atoms with van der Waals surface area (Å²) < 4.78 is 0. The number of hydrogen-bond acceptors (Lipinski definition) is 3. The predicted molar refractivity (Wildman–Crippen MR) is 74.1 cm³/mol. The fourth-order valence-electron chi connectivity index (χ4n) is 2.30. The number of rotatable bonds is 3. The maximum absolute atomic E-state index is 12.1. The number of aliphatic carboxylic acids is 1. The zero-order valence-corrected chi connectivity index (χ0v) is 11.0. The first-order chi connectivity index (χ1) is 9.58. The largest absolute Gasteiger partial charge is 0.508 e. The molecule has 0 aliphatic carbocycles. The van der Waals surface area contributed by atoms with Crippen LogP contribution < -0.4 is 0 Å². The van der Waals surface area contributed by atoms with Gasteiger partial charge in [-0.1, -0.05) is 12.1 Å². The van der Waals surface area contributed by atoms with E-state index in [2.05, 4.69) is 0 Å². The Kier molecular flexibility index (Phi) is 4.40. The molecule has 2 rings (SSSR count). The number of carbonyl (C=O) groups is 2. The molecule has 1 saturated heterocycles. The van der Waals surface area contributed by atoms with Crippen molar-refractivity contribution < 1.29 is 19.8 Å². The minimum atomic E-state index is -0.948. The molecule has 5 nitrogen and oxygen atoms in total. The Morgan fingerprint density at radius 1 is 1.20 bits per heavy atom. The standard InChI is InChI=1S/C15H17NO4/c17-12-7-4-11(5-8-12)6-9-14(18)16-10-2-1-3-13(16)15(19)20/h4-9,13,17H,1-3,10H2,(H,19,20)/b9-6+/t13-/m0/s1. The predicted octanol–water partition coefficient (Wildman–Crippen LogP) is 1.87. The number of phenols is 1. The van der Waals surface area contributed by atoms with E-state index in [4.69, 9.17) is 10.2 Å². The Morgan fingerprint density at radius 2 is 1.90 bits per heavy atom. The van der Waals surface area contributed by atoms with E-state index in [1.54, 1.807) is 18.2 Å². The van der Waals surface area contributed by atoms with Crippen LogP contribution in [0.3, 0.4) is 0 Å². The Labute approximate surface area is 117 Å². The Morgan fingerprint density at radius 3 is 2.55 bits per heavy atom. The van der Waals surface area contributed by atoms with Gasteiger partial charge in [-0.3, -0.25) is 4.79 Å². The molecule has 20 heavy (non-hydrogen) atoms. The number of carbonyl (C=O) groups excluding carboxylic acids is 1. The SMILES string of the molecule is O=C(O)[C@@H]1CCCCN1C(=O)/C=C/c1ccc(O)cc1. The first-order valence-corrected chi connectivity index (χ1v) is 6.58. The molecule has 1 aliphatic heterocycles. The van der Waals surface area contributed by atoms with Crippen molar-refractivity contribution in [2.24, 2.45) is 0 Å². The fourth-order valence-corrected chi connectivity index (χ4v) is 2.30. The van der Waals surface area contributed by atoms with Gasteiger partial charge in [0.25, 0.3) is 0 Å². The van der Waals surface area contributed by atoms with Crippen molar-refractivity contribution in [2.45, 2.75) is 25.3 Å². The number of aromatic hydroxyl groups is 1. The van der Waals surface area contributed by atoms with Crippen LogP contribution in [0, 0.1) is 0 Å². The topological polar surface area (TPSA) is 77.8 Å². The minimum absolute atomic E-state index is 0.162. The van der Waals surface area contributed by atoms with Gasteiger partial charge in [0, 0.05) is 12.6 Å². The maximum atomic E-state index is 12.1. The molecule has 0 saturated carbocycles.